The summed E-state index contributed by atoms with van der Waals surface area (Å²) in [4.78, 5) is 12.2. The second-order valence-corrected chi connectivity index (χ2v) is 5.20. The fraction of sp³-hybridized carbons (Fsp3) is 0.143. The molecule has 0 spiro atoms. The molecule has 1 unspecified atom stereocenters. The molecule has 0 fully saturated rings. The number of nitrogens with one attached hydrogen (secondary N) is 2. The Hall–Kier alpha value is -2.14. The van der Waals surface area contributed by atoms with E-state index in [4.69, 9.17) is 0 Å². The fourth-order valence-corrected chi connectivity index (χ4v) is 2.72. The fourth-order valence-electron chi connectivity index (χ4n) is 1.96. The molecule has 96 valence electrons. The van der Waals surface area contributed by atoms with E-state index >= 15 is 0 Å². The van der Waals surface area contributed by atoms with Crippen LogP contribution in [0.25, 0.3) is 10.9 Å². The molecular weight excluding hydrogens is 258 g/mol. The van der Waals surface area contributed by atoms with Crippen molar-refractivity contribution in [3.05, 3.63) is 52.3 Å². The minimum absolute atomic E-state index is 0.0104. The molecule has 2 N–H and O–H groups in total. The molecule has 3 aromatic rings. The molecule has 2 heterocycles. The third-order valence-corrected chi connectivity index (χ3v) is 3.80. The molecule has 0 aliphatic rings. The molecule has 1 amide bonds. The second kappa shape index (κ2) is 4.85. The zero-order valence-corrected chi connectivity index (χ0v) is 11.2. The number of rotatable bonds is 3. The molecule has 3 rings (SSSR count). The van der Waals surface area contributed by atoms with E-state index in [2.05, 4.69) is 15.5 Å². The number of benzene rings is 1. The predicted octanol–water partition coefficient (Wildman–Crippen LogP) is 3.12. The van der Waals surface area contributed by atoms with Crippen LogP contribution in [-0.2, 0) is 0 Å². The van der Waals surface area contributed by atoms with Gasteiger partial charge in [-0.05, 0) is 41.4 Å². The lowest BCUT2D eigenvalue weighted by molar-refractivity contribution is 0.0940. The van der Waals surface area contributed by atoms with E-state index < -0.39 is 0 Å². The van der Waals surface area contributed by atoms with Gasteiger partial charge in [0.15, 0.2) is 0 Å². The molecule has 4 nitrogen and oxygen atoms in total. The number of H-pyrrole nitrogens is 1. The molecule has 0 aliphatic carbocycles. The zero-order valence-electron chi connectivity index (χ0n) is 10.4. The molecule has 0 bridgehead atoms. The standard InChI is InChI=1S/C14H13N3OS/c1-9(12-4-5-19-8-12)16-14(18)10-2-3-11-7-15-17-13(11)6-10/h2-9H,1H3,(H,15,17)(H,16,18). The van der Waals surface area contributed by atoms with Crippen molar-refractivity contribution in [1.29, 1.82) is 0 Å². The van der Waals surface area contributed by atoms with Crippen LogP contribution in [0.15, 0.2) is 41.2 Å². The molecule has 1 aromatic carbocycles. The van der Waals surface area contributed by atoms with Gasteiger partial charge in [0, 0.05) is 10.9 Å². The van der Waals surface area contributed by atoms with Gasteiger partial charge in [-0.2, -0.15) is 16.4 Å². The lowest BCUT2D eigenvalue weighted by Gasteiger charge is -2.12. The summed E-state index contributed by atoms with van der Waals surface area (Å²) in [6.45, 7) is 1.98. The van der Waals surface area contributed by atoms with Crippen molar-refractivity contribution >= 4 is 28.1 Å². The number of hydrogen-bond acceptors (Lipinski definition) is 3. The SMILES string of the molecule is CC(NC(=O)c1ccc2cn[nH]c2c1)c1ccsc1. The zero-order chi connectivity index (χ0) is 13.2. The molecule has 19 heavy (non-hydrogen) atoms. The molecule has 0 aliphatic heterocycles. The summed E-state index contributed by atoms with van der Waals surface area (Å²) in [6, 6.07) is 7.55. The highest BCUT2D eigenvalue weighted by atomic mass is 32.1. The van der Waals surface area contributed by atoms with Gasteiger partial charge >= 0.3 is 0 Å². The summed E-state index contributed by atoms with van der Waals surface area (Å²) >= 11 is 1.63. The van der Waals surface area contributed by atoms with Crippen LogP contribution in [0.4, 0.5) is 0 Å². The van der Waals surface area contributed by atoms with Gasteiger partial charge in [-0.1, -0.05) is 6.07 Å². The summed E-state index contributed by atoms with van der Waals surface area (Å²) < 4.78 is 0. The van der Waals surface area contributed by atoms with Crippen molar-refractivity contribution < 1.29 is 4.79 Å². The Kier molecular flexibility index (Phi) is 3.05. The van der Waals surface area contributed by atoms with Gasteiger partial charge in [0.2, 0.25) is 0 Å². The van der Waals surface area contributed by atoms with Crippen LogP contribution in [-0.4, -0.2) is 16.1 Å². The largest absolute Gasteiger partial charge is 0.345 e. The Bertz CT molecular complexity index is 702. The molecule has 0 saturated carbocycles. The Morgan fingerprint density at radius 1 is 1.42 bits per heavy atom. The van der Waals surface area contributed by atoms with Crippen LogP contribution in [0, 0.1) is 0 Å². The van der Waals surface area contributed by atoms with Gasteiger partial charge < -0.3 is 5.32 Å². The maximum atomic E-state index is 12.2. The first-order valence-electron chi connectivity index (χ1n) is 6.00. The maximum Gasteiger partial charge on any atom is 0.251 e. The summed E-state index contributed by atoms with van der Waals surface area (Å²) in [5, 5.41) is 14.9. The quantitative estimate of drug-likeness (QED) is 0.769. The highest BCUT2D eigenvalue weighted by Gasteiger charge is 2.12. The van der Waals surface area contributed by atoms with Gasteiger partial charge in [0.1, 0.15) is 0 Å². The number of thiophene rings is 1. The monoisotopic (exact) mass is 271 g/mol. The minimum Gasteiger partial charge on any atom is -0.345 e. The lowest BCUT2D eigenvalue weighted by Crippen LogP contribution is -2.26. The average Bonchev–Trinajstić information content (AvgIpc) is 3.09. The smallest absolute Gasteiger partial charge is 0.251 e. The first kappa shape index (κ1) is 11.9. The molecule has 5 heteroatoms. The second-order valence-electron chi connectivity index (χ2n) is 4.42. The summed E-state index contributed by atoms with van der Waals surface area (Å²) in [6.07, 6.45) is 1.74. The number of nitrogens with zero attached hydrogens (tertiary/aromatic N) is 1. The van der Waals surface area contributed by atoms with Gasteiger partial charge in [-0.25, -0.2) is 0 Å². The highest BCUT2D eigenvalue weighted by Crippen LogP contribution is 2.17. The van der Waals surface area contributed by atoms with Crippen molar-refractivity contribution in [3.63, 3.8) is 0 Å². The van der Waals surface area contributed by atoms with Gasteiger partial charge in [-0.3, -0.25) is 9.89 Å². The Labute approximate surface area is 114 Å². The molecule has 1 atom stereocenters. The van der Waals surface area contributed by atoms with Crippen LogP contribution in [0.2, 0.25) is 0 Å². The predicted molar refractivity (Wildman–Crippen MR) is 76.3 cm³/mol. The van der Waals surface area contributed by atoms with Crippen molar-refractivity contribution in [2.45, 2.75) is 13.0 Å². The molecular formula is C14H13N3OS. The van der Waals surface area contributed by atoms with Gasteiger partial charge in [0.25, 0.3) is 5.91 Å². The van der Waals surface area contributed by atoms with Crippen LogP contribution in [0.1, 0.15) is 28.9 Å². The third-order valence-electron chi connectivity index (χ3n) is 3.09. The lowest BCUT2D eigenvalue weighted by atomic mass is 10.1. The summed E-state index contributed by atoms with van der Waals surface area (Å²) in [5.74, 6) is -0.0739. The number of fused-ring (bicyclic) bond motifs is 1. The van der Waals surface area contributed by atoms with Crippen molar-refractivity contribution in [1.82, 2.24) is 15.5 Å². The van der Waals surface area contributed by atoms with Crippen LogP contribution in [0.5, 0.6) is 0 Å². The number of aromatic amines is 1. The Morgan fingerprint density at radius 3 is 3.11 bits per heavy atom. The van der Waals surface area contributed by atoms with E-state index in [1.165, 1.54) is 0 Å². The van der Waals surface area contributed by atoms with E-state index in [0.717, 1.165) is 16.5 Å². The number of amides is 1. The molecule has 0 saturated heterocycles. The van der Waals surface area contributed by atoms with Crippen LogP contribution >= 0.6 is 11.3 Å². The summed E-state index contributed by atoms with van der Waals surface area (Å²) in [7, 11) is 0. The Morgan fingerprint density at radius 2 is 2.32 bits per heavy atom. The van der Waals surface area contributed by atoms with E-state index in [9.17, 15) is 4.79 Å². The number of carbonyl (C=O) groups is 1. The average molecular weight is 271 g/mol. The van der Waals surface area contributed by atoms with Crippen molar-refractivity contribution in [3.8, 4) is 0 Å². The summed E-state index contributed by atoms with van der Waals surface area (Å²) in [5.41, 5.74) is 2.63. The minimum atomic E-state index is -0.0739. The van der Waals surface area contributed by atoms with E-state index in [1.54, 1.807) is 17.5 Å². The van der Waals surface area contributed by atoms with E-state index in [1.807, 2.05) is 41.9 Å². The number of carbonyl (C=O) groups excluding carboxylic acids is 1. The number of hydrogen-bond donors (Lipinski definition) is 2. The van der Waals surface area contributed by atoms with Crippen LogP contribution < -0.4 is 5.32 Å². The first-order valence-corrected chi connectivity index (χ1v) is 6.94. The maximum absolute atomic E-state index is 12.2. The first-order chi connectivity index (χ1) is 9.24. The molecule has 0 radical (unpaired) electrons. The highest BCUT2D eigenvalue weighted by molar-refractivity contribution is 7.07. The van der Waals surface area contributed by atoms with Crippen LogP contribution in [0.3, 0.4) is 0 Å². The van der Waals surface area contributed by atoms with Crippen molar-refractivity contribution in [2.75, 3.05) is 0 Å². The van der Waals surface area contributed by atoms with Gasteiger partial charge in [0.05, 0.1) is 17.8 Å². The number of aromatic nitrogens is 2. The van der Waals surface area contributed by atoms with E-state index in [0.29, 0.717) is 5.56 Å². The van der Waals surface area contributed by atoms with E-state index in [-0.39, 0.29) is 11.9 Å². The van der Waals surface area contributed by atoms with Gasteiger partial charge in [-0.15, -0.1) is 0 Å². The Balaban J connectivity index is 1.79. The third kappa shape index (κ3) is 2.37. The topological polar surface area (TPSA) is 57.8 Å². The van der Waals surface area contributed by atoms with Crippen molar-refractivity contribution in [2.24, 2.45) is 0 Å². The normalized spacial score (nSPS) is 12.5. The molecule has 2 aromatic heterocycles.